The molecule has 0 saturated carbocycles. The van der Waals surface area contributed by atoms with Crippen molar-refractivity contribution in [2.75, 3.05) is 11.5 Å². The highest BCUT2D eigenvalue weighted by molar-refractivity contribution is 5.87. The second kappa shape index (κ2) is 4.62. The molecule has 0 aliphatic rings. The zero-order valence-electron chi connectivity index (χ0n) is 9.58. The molecule has 0 radical (unpaired) electrons. The highest BCUT2D eigenvalue weighted by atomic mass is 19.2. The van der Waals surface area contributed by atoms with Gasteiger partial charge in [-0.25, -0.2) is 26.3 Å². The molecule has 0 unspecified atom stereocenters. The predicted octanol–water partition coefficient (Wildman–Crippen LogP) is 3.35. The maximum absolute atomic E-state index is 13.6. The van der Waals surface area contributed by atoms with Crippen LogP contribution in [0.2, 0.25) is 0 Å². The Balaban J connectivity index is 2.87. The summed E-state index contributed by atoms with van der Waals surface area (Å²) in [5.74, 6) is -10.6. The molecule has 20 heavy (non-hydrogen) atoms. The summed E-state index contributed by atoms with van der Waals surface area (Å²) in [7, 11) is 0. The van der Waals surface area contributed by atoms with Crippen molar-refractivity contribution in [1.29, 1.82) is 0 Å². The van der Waals surface area contributed by atoms with E-state index in [-0.39, 0.29) is 0 Å². The molecule has 2 nitrogen and oxygen atoms in total. The van der Waals surface area contributed by atoms with Gasteiger partial charge in [0, 0.05) is 11.1 Å². The molecule has 0 aliphatic carbocycles. The lowest BCUT2D eigenvalue weighted by Crippen LogP contribution is -2.08. The first-order valence-electron chi connectivity index (χ1n) is 5.12. The van der Waals surface area contributed by atoms with Crippen LogP contribution in [0.4, 0.5) is 37.7 Å². The largest absolute Gasteiger partial charge is 0.396 e. The molecule has 0 atom stereocenters. The lowest BCUT2D eigenvalue weighted by Gasteiger charge is -2.13. The average Bonchev–Trinajstić information content (AvgIpc) is 2.43. The Labute approximate surface area is 108 Å². The number of rotatable bonds is 1. The summed E-state index contributed by atoms with van der Waals surface area (Å²) in [5, 5.41) is 0. The van der Waals surface area contributed by atoms with Crippen LogP contribution in [0.25, 0.3) is 11.1 Å². The van der Waals surface area contributed by atoms with Crippen LogP contribution in [-0.2, 0) is 0 Å². The van der Waals surface area contributed by atoms with Crippen LogP contribution in [0, 0.1) is 34.9 Å². The lowest BCUT2D eigenvalue weighted by molar-refractivity contribution is 0.447. The van der Waals surface area contributed by atoms with Crippen LogP contribution in [0.1, 0.15) is 0 Å². The molecule has 0 bridgehead atoms. The highest BCUT2D eigenvalue weighted by Gasteiger charge is 2.26. The summed E-state index contributed by atoms with van der Waals surface area (Å²) in [5.41, 5.74) is 6.82. The van der Waals surface area contributed by atoms with Gasteiger partial charge in [0.1, 0.15) is 0 Å². The van der Waals surface area contributed by atoms with Crippen molar-refractivity contribution in [2.24, 2.45) is 0 Å². The summed E-state index contributed by atoms with van der Waals surface area (Å²) in [6.07, 6.45) is 0. The standard InChI is InChI=1S/C12H6F6N2/c13-4-2-1-3(6(14)7(4)15)5-11(19)9(17)8(16)10(18)12(5)20/h1-2H,19-20H2. The highest BCUT2D eigenvalue weighted by Crippen LogP contribution is 2.39. The van der Waals surface area contributed by atoms with Gasteiger partial charge in [-0.15, -0.1) is 0 Å². The summed E-state index contributed by atoms with van der Waals surface area (Å²) in [6, 6.07) is 1.21. The van der Waals surface area contributed by atoms with Crippen molar-refractivity contribution in [2.45, 2.75) is 0 Å². The monoisotopic (exact) mass is 292 g/mol. The van der Waals surface area contributed by atoms with Gasteiger partial charge in [-0.3, -0.25) is 0 Å². The number of anilines is 2. The van der Waals surface area contributed by atoms with E-state index in [9.17, 15) is 26.3 Å². The third kappa shape index (κ3) is 1.84. The SMILES string of the molecule is Nc1c(F)c(F)c(F)c(N)c1-c1ccc(F)c(F)c1F. The fourth-order valence-electron chi connectivity index (χ4n) is 1.71. The van der Waals surface area contributed by atoms with Crippen LogP contribution in [-0.4, -0.2) is 0 Å². The molecule has 2 rings (SSSR count). The van der Waals surface area contributed by atoms with Gasteiger partial charge in [-0.2, -0.15) is 0 Å². The van der Waals surface area contributed by atoms with Gasteiger partial charge in [0.05, 0.1) is 11.4 Å². The number of benzene rings is 2. The van der Waals surface area contributed by atoms with Crippen molar-refractivity contribution in [3.63, 3.8) is 0 Å². The second-order valence-electron chi connectivity index (χ2n) is 3.87. The zero-order valence-corrected chi connectivity index (χ0v) is 9.58. The molecule has 0 fully saturated rings. The molecule has 2 aromatic rings. The Kier molecular flexibility index (Phi) is 3.24. The van der Waals surface area contributed by atoms with Gasteiger partial charge < -0.3 is 11.5 Å². The van der Waals surface area contributed by atoms with E-state index < -0.39 is 57.4 Å². The molecular formula is C12H6F6N2. The smallest absolute Gasteiger partial charge is 0.198 e. The minimum absolute atomic E-state index is 0.520. The molecule has 106 valence electrons. The maximum Gasteiger partial charge on any atom is 0.198 e. The van der Waals surface area contributed by atoms with E-state index in [0.29, 0.717) is 12.1 Å². The van der Waals surface area contributed by atoms with E-state index >= 15 is 0 Å². The molecular weight excluding hydrogens is 286 g/mol. The van der Waals surface area contributed by atoms with E-state index in [0.717, 1.165) is 0 Å². The minimum atomic E-state index is -1.94. The van der Waals surface area contributed by atoms with Crippen LogP contribution >= 0.6 is 0 Å². The maximum atomic E-state index is 13.6. The predicted molar refractivity (Wildman–Crippen MR) is 60.5 cm³/mol. The second-order valence-corrected chi connectivity index (χ2v) is 3.87. The Bertz CT molecular complexity index is 685. The number of hydrogen-bond acceptors (Lipinski definition) is 2. The summed E-state index contributed by atoms with van der Waals surface area (Å²) in [4.78, 5) is 0. The van der Waals surface area contributed by atoms with Gasteiger partial charge >= 0.3 is 0 Å². The number of nitrogens with two attached hydrogens (primary N) is 2. The molecule has 2 aromatic carbocycles. The fraction of sp³-hybridized carbons (Fsp3) is 0. The molecule has 4 N–H and O–H groups in total. The first kappa shape index (κ1) is 14.0. The van der Waals surface area contributed by atoms with E-state index in [1.807, 2.05) is 0 Å². The van der Waals surface area contributed by atoms with Crippen LogP contribution < -0.4 is 11.5 Å². The Morgan fingerprint density at radius 2 is 1.10 bits per heavy atom. The Morgan fingerprint density at radius 1 is 0.600 bits per heavy atom. The molecule has 0 heterocycles. The molecule has 0 aliphatic heterocycles. The summed E-state index contributed by atoms with van der Waals surface area (Å²) in [6.45, 7) is 0. The van der Waals surface area contributed by atoms with Crippen molar-refractivity contribution < 1.29 is 26.3 Å². The minimum Gasteiger partial charge on any atom is -0.396 e. The number of nitrogen functional groups attached to an aromatic ring is 2. The first-order chi connectivity index (χ1) is 9.27. The van der Waals surface area contributed by atoms with E-state index in [1.54, 1.807) is 0 Å². The van der Waals surface area contributed by atoms with Crippen molar-refractivity contribution >= 4 is 11.4 Å². The third-order valence-corrected chi connectivity index (χ3v) is 2.70. The van der Waals surface area contributed by atoms with Gasteiger partial charge in [-0.05, 0) is 12.1 Å². The summed E-state index contributed by atoms with van der Waals surface area (Å²) < 4.78 is 79.3. The van der Waals surface area contributed by atoms with Gasteiger partial charge in [0.25, 0.3) is 0 Å². The van der Waals surface area contributed by atoms with E-state index in [4.69, 9.17) is 11.5 Å². The zero-order chi connectivity index (χ0) is 15.2. The van der Waals surface area contributed by atoms with Crippen molar-refractivity contribution in [1.82, 2.24) is 0 Å². The van der Waals surface area contributed by atoms with E-state index in [1.165, 1.54) is 0 Å². The van der Waals surface area contributed by atoms with Crippen LogP contribution in [0.5, 0.6) is 0 Å². The van der Waals surface area contributed by atoms with Crippen LogP contribution in [0.3, 0.4) is 0 Å². The van der Waals surface area contributed by atoms with Crippen molar-refractivity contribution in [3.05, 3.63) is 47.0 Å². The van der Waals surface area contributed by atoms with E-state index in [2.05, 4.69) is 0 Å². The lowest BCUT2D eigenvalue weighted by atomic mass is 9.99. The molecule has 0 saturated heterocycles. The Hall–Kier alpha value is -2.38. The molecule has 0 spiro atoms. The Morgan fingerprint density at radius 3 is 1.60 bits per heavy atom. The topological polar surface area (TPSA) is 52.0 Å². The first-order valence-corrected chi connectivity index (χ1v) is 5.12. The quantitative estimate of drug-likeness (QED) is 0.481. The van der Waals surface area contributed by atoms with Crippen molar-refractivity contribution in [3.8, 4) is 11.1 Å². The number of halogens is 6. The molecule has 0 aromatic heterocycles. The summed E-state index contributed by atoms with van der Waals surface area (Å²) >= 11 is 0. The average molecular weight is 292 g/mol. The molecule has 0 amide bonds. The van der Waals surface area contributed by atoms with Gasteiger partial charge in [0.2, 0.25) is 0 Å². The van der Waals surface area contributed by atoms with Gasteiger partial charge in [-0.1, -0.05) is 0 Å². The van der Waals surface area contributed by atoms with Gasteiger partial charge in [0.15, 0.2) is 34.9 Å². The van der Waals surface area contributed by atoms with Crippen LogP contribution in [0.15, 0.2) is 12.1 Å². The normalized spacial score (nSPS) is 10.9. The molecule has 8 heteroatoms. The number of hydrogen-bond donors (Lipinski definition) is 2. The third-order valence-electron chi connectivity index (χ3n) is 2.70. The fourth-order valence-corrected chi connectivity index (χ4v) is 1.71.